The number of fused-ring (bicyclic) bond motifs is 1. The Labute approximate surface area is 78.1 Å². The summed E-state index contributed by atoms with van der Waals surface area (Å²) in [7, 11) is 1.83. The molecule has 0 atom stereocenters. The van der Waals surface area contributed by atoms with Crippen LogP contribution in [0.5, 0.6) is 0 Å². The zero-order chi connectivity index (χ0) is 9.26. The molecule has 0 bridgehead atoms. The summed E-state index contributed by atoms with van der Waals surface area (Å²) in [5.74, 6) is 1.11. The van der Waals surface area contributed by atoms with Gasteiger partial charge >= 0.3 is 0 Å². The fourth-order valence-electron chi connectivity index (χ4n) is 1.85. The summed E-state index contributed by atoms with van der Waals surface area (Å²) in [5.41, 5.74) is 1.26. The smallest absolute Gasteiger partial charge is 0.227 e. The van der Waals surface area contributed by atoms with Gasteiger partial charge in [0.2, 0.25) is 5.91 Å². The molecule has 0 aliphatic carbocycles. The van der Waals surface area contributed by atoms with E-state index >= 15 is 0 Å². The van der Waals surface area contributed by atoms with Gasteiger partial charge in [-0.2, -0.15) is 0 Å². The van der Waals surface area contributed by atoms with Crippen LogP contribution in [-0.2, 0) is 4.79 Å². The van der Waals surface area contributed by atoms with Crippen molar-refractivity contribution in [2.75, 3.05) is 13.6 Å². The zero-order valence-corrected chi connectivity index (χ0v) is 7.92. The van der Waals surface area contributed by atoms with Crippen LogP contribution >= 0.6 is 0 Å². The highest BCUT2D eigenvalue weighted by Gasteiger charge is 2.23. The minimum Gasteiger partial charge on any atom is -0.300 e. The Hall–Kier alpha value is -1.12. The predicted octanol–water partition coefficient (Wildman–Crippen LogP) is 1.36. The van der Waals surface area contributed by atoms with Crippen molar-refractivity contribution >= 4 is 11.7 Å². The van der Waals surface area contributed by atoms with Crippen molar-refractivity contribution in [3.63, 3.8) is 0 Å². The van der Waals surface area contributed by atoms with Gasteiger partial charge in [-0.05, 0) is 24.8 Å². The quantitative estimate of drug-likeness (QED) is 0.551. The highest BCUT2D eigenvalue weighted by Crippen LogP contribution is 2.21. The maximum Gasteiger partial charge on any atom is 0.227 e. The van der Waals surface area contributed by atoms with Gasteiger partial charge in [-0.3, -0.25) is 9.79 Å². The van der Waals surface area contributed by atoms with Crippen LogP contribution in [-0.4, -0.2) is 30.2 Å². The fraction of sp³-hybridized carbons (Fsp3) is 0.600. The minimum atomic E-state index is 0.198. The van der Waals surface area contributed by atoms with E-state index in [9.17, 15) is 4.79 Å². The molecule has 2 aliphatic heterocycles. The van der Waals surface area contributed by atoms with E-state index in [1.807, 2.05) is 7.05 Å². The average molecular weight is 178 g/mol. The molecule has 0 N–H and O–H groups in total. The Morgan fingerprint density at radius 3 is 3.15 bits per heavy atom. The third-order valence-corrected chi connectivity index (χ3v) is 2.60. The van der Waals surface area contributed by atoms with E-state index in [0.29, 0.717) is 6.42 Å². The van der Waals surface area contributed by atoms with Gasteiger partial charge in [-0.15, -0.1) is 0 Å². The summed E-state index contributed by atoms with van der Waals surface area (Å²) < 4.78 is 0. The van der Waals surface area contributed by atoms with Gasteiger partial charge in [0.25, 0.3) is 0 Å². The number of hydrogen-bond donors (Lipinski definition) is 0. The lowest BCUT2D eigenvalue weighted by Crippen LogP contribution is -2.33. The number of aliphatic imine (C=N–C) groups is 1. The number of amidine groups is 1. The van der Waals surface area contributed by atoms with Crippen LogP contribution < -0.4 is 0 Å². The second-order valence-corrected chi connectivity index (χ2v) is 3.53. The Kier molecular flexibility index (Phi) is 2.17. The first-order valence-electron chi connectivity index (χ1n) is 4.79. The summed E-state index contributed by atoms with van der Waals surface area (Å²) >= 11 is 0. The van der Waals surface area contributed by atoms with E-state index in [1.54, 1.807) is 4.90 Å². The Bertz CT molecular complexity index is 291. The van der Waals surface area contributed by atoms with E-state index in [2.05, 4.69) is 11.1 Å². The fourth-order valence-corrected chi connectivity index (χ4v) is 1.85. The molecule has 3 heteroatoms. The molecule has 2 heterocycles. The lowest BCUT2D eigenvalue weighted by Gasteiger charge is -2.20. The molecule has 3 nitrogen and oxygen atoms in total. The molecule has 13 heavy (non-hydrogen) atoms. The Morgan fingerprint density at radius 1 is 1.46 bits per heavy atom. The van der Waals surface area contributed by atoms with Gasteiger partial charge in [0.15, 0.2) is 0 Å². The molecular weight excluding hydrogens is 164 g/mol. The maximum atomic E-state index is 11.5. The molecule has 70 valence electrons. The number of carbonyl (C=O) groups excluding carboxylic acids is 1. The van der Waals surface area contributed by atoms with Crippen molar-refractivity contribution < 1.29 is 4.79 Å². The highest BCUT2D eigenvalue weighted by atomic mass is 16.2. The van der Waals surface area contributed by atoms with Gasteiger partial charge in [0.05, 0.1) is 0 Å². The van der Waals surface area contributed by atoms with Crippen LogP contribution in [0.3, 0.4) is 0 Å². The summed E-state index contributed by atoms with van der Waals surface area (Å²) in [6.45, 7) is 0.830. The molecule has 1 fully saturated rings. The number of dihydropyridines is 1. The first kappa shape index (κ1) is 8.48. The number of carbonyl (C=O) groups is 1. The average Bonchev–Trinajstić information content (AvgIpc) is 2.29. The maximum absolute atomic E-state index is 11.5. The van der Waals surface area contributed by atoms with Crippen LogP contribution in [0.1, 0.15) is 25.7 Å². The number of likely N-dealkylation sites (N-methyl/N-ethyl adjacent to an activating group) is 1. The van der Waals surface area contributed by atoms with Crippen LogP contribution in [0.4, 0.5) is 0 Å². The molecule has 0 aromatic heterocycles. The lowest BCUT2D eigenvalue weighted by atomic mass is 10.1. The first-order chi connectivity index (χ1) is 6.29. The summed E-state index contributed by atoms with van der Waals surface area (Å²) in [4.78, 5) is 17.6. The molecule has 2 rings (SSSR count). The molecule has 1 saturated heterocycles. The van der Waals surface area contributed by atoms with Gasteiger partial charge in [0, 0.05) is 20.0 Å². The van der Waals surface area contributed by atoms with Gasteiger partial charge < -0.3 is 4.90 Å². The molecule has 1 amide bonds. The van der Waals surface area contributed by atoms with Crippen molar-refractivity contribution in [3.8, 4) is 0 Å². The summed E-state index contributed by atoms with van der Waals surface area (Å²) in [5, 5.41) is 0. The molecule has 0 unspecified atom stereocenters. The van der Waals surface area contributed by atoms with Crippen molar-refractivity contribution in [3.05, 3.63) is 11.6 Å². The van der Waals surface area contributed by atoms with Crippen molar-refractivity contribution in [2.45, 2.75) is 25.7 Å². The second kappa shape index (κ2) is 3.32. The SMILES string of the molecule is CN1C(=O)CCCC2=CCCN=C21. The van der Waals surface area contributed by atoms with Crippen molar-refractivity contribution in [1.82, 2.24) is 4.90 Å². The van der Waals surface area contributed by atoms with Gasteiger partial charge in [-0.1, -0.05) is 6.08 Å². The number of rotatable bonds is 0. The molecule has 0 aromatic carbocycles. The van der Waals surface area contributed by atoms with E-state index in [1.165, 1.54) is 5.57 Å². The molecule has 2 aliphatic rings. The van der Waals surface area contributed by atoms with Gasteiger partial charge in [0.1, 0.15) is 5.84 Å². The third-order valence-electron chi connectivity index (χ3n) is 2.60. The van der Waals surface area contributed by atoms with Crippen LogP contribution in [0.2, 0.25) is 0 Å². The largest absolute Gasteiger partial charge is 0.300 e. The van der Waals surface area contributed by atoms with Crippen molar-refractivity contribution in [1.29, 1.82) is 0 Å². The van der Waals surface area contributed by atoms with Crippen LogP contribution in [0.15, 0.2) is 16.6 Å². The summed E-state index contributed by atoms with van der Waals surface area (Å²) in [6.07, 6.45) is 5.88. The predicted molar refractivity (Wildman–Crippen MR) is 51.6 cm³/mol. The van der Waals surface area contributed by atoms with E-state index in [-0.39, 0.29) is 5.91 Å². The number of nitrogens with zero attached hydrogens (tertiary/aromatic N) is 2. The number of amides is 1. The minimum absolute atomic E-state index is 0.198. The van der Waals surface area contributed by atoms with E-state index in [0.717, 1.165) is 31.6 Å². The first-order valence-corrected chi connectivity index (χ1v) is 4.79. The zero-order valence-electron chi connectivity index (χ0n) is 7.92. The van der Waals surface area contributed by atoms with Crippen LogP contribution in [0.25, 0.3) is 0 Å². The molecular formula is C10H14N2O. The second-order valence-electron chi connectivity index (χ2n) is 3.53. The lowest BCUT2D eigenvalue weighted by molar-refractivity contribution is -0.126. The van der Waals surface area contributed by atoms with E-state index in [4.69, 9.17) is 0 Å². The van der Waals surface area contributed by atoms with Crippen molar-refractivity contribution in [2.24, 2.45) is 4.99 Å². The monoisotopic (exact) mass is 178 g/mol. The Balaban J connectivity index is 2.31. The number of likely N-dealkylation sites (tertiary alicyclic amines) is 1. The topological polar surface area (TPSA) is 32.7 Å². The van der Waals surface area contributed by atoms with Gasteiger partial charge in [-0.25, -0.2) is 0 Å². The normalized spacial score (nSPS) is 23.2. The molecule has 0 saturated carbocycles. The summed E-state index contributed by atoms with van der Waals surface area (Å²) in [6, 6.07) is 0. The molecule has 0 aromatic rings. The van der Waals surface area contributed by atoms with E-state index < -0.39 is 0 Å². The number of hydrogen-bond acceptors (Lipinski definition) is 2. The third kappa shape index (κ3) is 1.50. The Morgan fingerprint density at radius 2 is 2.31 bits per heavy atom. The standard InChI is InChI=1S/C10H14N2O/c1-12-9(13)6-2-4-8-5-3-7-11-10(8)12/h5H,2-4,6-7H2,1H3. The highest BCUT2D eigenvalue weighted by molar-refractivity contribution is 6.08. The molecule has 0 spiro atoms. The molecule has 0 radical (unpaired) electrons. The van der Waals surface area contributed by atoms with Crippen LogP contribution in [0, 0.1) is 0 Å².